The fourth-order valence-electron chi connectivity index (χ4n) is 2.98. The van der Waals surface area contributed by atoms with E-state index in [1.807, 2.05) is 49.3 Å². The first-order chi connectivity index (χ1) is 14.0. The number of carbonyl (C=O) groups is 1. The molecule has 0 unspecified atom stereocenters. The zero-order chi connectivity index (χ0) is 20.4. The van der Waals surface area contributed by atoms with Crippen molar-refractivity contribution in [1.29, 1.82) is 0 Å². The van der Waals surface area contributed by atoms with E-state index in [4.69, 9.17) is 4.74 Å². The Kier molecular flexibility index (Phi) is 4.87. The number of benzene rings is 2. The largest absolute Gasteiger partial charge is 0.481 e. The van der Waals surface area contributed by atoms with Crippen LogP contribution in [0.1, 0.15) is 10.4 Å². The molecule has 1 amide bonds. The molecular formula is C22H21N5O2. The monoisotopic (exact) mass is 387 g/mol. The highest BCUT2D eigenvalue weighted by Crippen LogP contribution is 2.24. The number of pyridine rings is 1. The minimum Gasteiger partial charge on any atom is -0.481 e. The molecule has 0 spiro atoms. The first-order valence-corrected chi connectivity index (χ1v) is 9.12. The second-order valence-corrected chi connectivity index (χ2v) is 6.80. The quantitative estimate of drug-likeness (QED) is 0.542. The van der Waals surface area contributed by atoms with Crippen LogP contribution in [0, 0.1) is 0 Å². The van der Waals surface area contributed by atoms with Crippen LogP contribution in [-0.4, -0.2) is 42.1 Å². The molecule has 0 bridgehead atoms. The number of hydrogen-bond donors (Lipinski definition) is 2. The van der Waals surface area contributed by atoms with Crippen LogP contribution in [0.2, 0.25) is 0 Å². The van der Waals surface area contributed by atoms with Crippen LogP contribution >= 0.6 is 0 Å². The Balaban J connectivity index is 1.56. The third-order valence-corrected chi connectivity index (χ3v) is 4.60. The topological polar surface area (TPSA) is 83.1 Å². The summed E-state index contributed by atoms with van der Waals surface area (Å²) in [6.07, 6.45) is 1.56. The van der Waals surface area contributed by atoms with Crippen molar-refractivity contribution in [2.75, 3.05) is 31.4 Å². The second kappa shape index (κ2) is 7.63. The number of fused-ring (bicyclic) bond motifs is 1. The summed E-state index contributed by atoms with van der Waals surface area (Å²) in [6, 6.07) is 17.0. The van der Waals surface area contributed by atoms with Crippen molar-refractivity contribution in [3.05, 3.63) is 66.4 Å². The van der Waals surface area contributed by atoms with Gasteiger partial charge in [-0.25, -0.2) is 9.97 Å². The van der Waals surface area contributed by atoms with Gasteiger partial charge in [0.1, 0.15) is 5.82 Å². The summed E-state index contributed by atoms with van der Waals surface area (Å²) < 4.78 is 5.03. The average molecular weight is 387 g/mol. The predicted molar refractivity (Wildman–Crippen MR) is 115 cm³/mol. The third-order valence-electron chi connectivity index (χ3n) is 4.60. The van der Waals surface area contributed by atoms with Crippen molar-refractivity contribution in [2.24, 2.45) is 0 Å². The van der Waals surface area contributed by atoms with Crippen molar-refractivity contribution >= 4 is 28.3 Å². The van der Waals surface area contributed by atoms with E-state index in [-0.39, 0.29) is 5.91 Å². The highest BCUT2D eigenvalue weighted by molar-refractivity contribution is 6.06. The maximum Gasteiger partial charge on any atom is 0.255 e. The predicted octanol–water partition coefficient (Wildman–Crippen LogP) is 3.95. The van der Waals surface area contributed by atoms with E-state index < -0.39 is 0 Å². The molecule has 4 aromatic rings. The molecule has 2 heterocycles. The van der Waals surface area contributed by atoms with Gasteiger partial charge in [-0.3, -0.25) is 4.79 Å². The molecule has 146 valence electrons. The summed E-state index contributed by atoms with van der Waals surface area (Å²) in [5.41, 5.74) is 4.85. The van der Waals surface area contributed by atoms with Gasteiger partial charge >= 0.3 is 0 Å². The van der Waals surface area contributed by atoms with E-state index >= 15 is 0 Å². The molecule has 0 atom stereocenters. The van der Waals surface area contributed by atoms with Gasteiger partial charge in [0.2, 0.25) is 5.88 Å². The van der Waals surface area contributed by atoms with Gasteiger partial charge in [-0.15, -0.1) is 0 Å². The minimum atomic E-state index is -0.217. The average Bonchev–Trinajstić information content (AvgIpc) is 3.17. The smallest absolute Gasteiger partial charge is 0.255 e. The Morgan fingerprint density at radius 3 is 2.52 bits per heavy atom. The summed E-state index contributed by atoms with van der Waals surface area (Å²) in [5.74, 6) is 1.04. The van der Waals surface area contributed by atoms with Crippen LogP contribution in [0.4, 0.5) is 11.4 Å². The number of aromatic amines is 1. The van der Waals surface area contributed by atoms with Gasteiger partial charge in [-0.05, 0) is 48.5 Å². The van der Waals surface area contributed by atoms with E-state index in [2.05, 4.69) is 20.3 Å². The van der Waals surface area contributed by atoms with Crippen molar-refractivity contribution in [1.82, 2.24) is 15.0 Å². The number of nitrogens with zero attached hydrogens (tertiary/aromatic N) is 3. The van der Waals surface area contributed by atoms with E-state index in [0.29, 0.717) is 17.1 Å². The second-order valence-electron chi connectivity index (χ2n) is 6.80. The van der Waals surface area contributed by atoms with Gasteiger partial charge in [-0.1, -0.05) is 0 Å². The zero-order valence-corrected chi connectivity index (χ0v) is 16.4. The lowest BCUT2D eigenvalue weighted by Crippen LogP contribution is -2.11. The van der Waals surface area contributed by atoms with Crippen molar-refractivity contribution in [3.63, 3.8) is 0 Å². The molecule has 4 rings (SSSR count). The molecule has 0 aliphatic rings. The Labute approximate surface area is 168 Å². The number of aromatic nitrogens is 3. The van der Waals surface area contributed by atoms with Crippen LogP contribution in [-0.2, 0) is 0 Å². The lowest BCUT2D eigenvalue weighted by Gasteiger charge is -2.11. The number of rotatable bonds is 5. The number of carbonyl (C=O) groups excluding carboxylic acids is 1. The van der Waals surface area contributed by atoms with Crippen LogP contribution in [0.3, 0.4) is 0 Å². The molecule has 0 radical (unpaired) electrons. The number of nitrogens with one attached hydrogen (secondary N) is 2. The van der Waals surface area contributed by atoms with Crippen LogP contribution < -0.4 is 15.0 Å². The van der Waals surface area contributed by atoms with Crippen molar-refractivity contribution < 1.29 is 9.53 Å². The molecule has 0 fully saturated rings. The third kappa shape index (κ3) is 3.89. The lowest BCUT2D eigenvalue weighted by molar-refractivity contribution is 0.102. The van der Waals surface area contributed by atoms with Crippen molar-refractivity contribution in [2.45, 2.75) is 0 Å². The molecule has 7 nitrogen and oxygen atoms in total. The number of amides is 1. The Hall–Kier alpha value is -3.87. The maximum atomic E-state index is 12.6. The van der Waals surface area contributed by atoms with Crippen LogP contribution in [0.25, 0.3) is 22.4 Å². The number of H-pyrrole nitrogens is 1. The molecule has 0 saturated heterocycles. The Morgan fingerprint density at radius 2 is 1.86 bits per heavy atom. The van der Waals surface area contributed by atoms with Gasteiger partial charge in [0.25, 0.3) is 5.91 Å². The van der Waals surface area contributed by atoms with Crippen LogP contribution in [0.5, 0.6) is 5.88 Å². The maximum absolute atomic E-state index is 12.6. The minimum absolute atomic E-state index is 0.217. The summed E-state index contributed by atoms with van der Waals surface area (Å²) in [4.78, 5) is 26.7. The number of methoxy groups -OCH3 is 1. The van der Waals surface area contributed by atoms with Gasteiger partial charge in [0.15, 0.2) is 0 Å². The molecule has 0 aliphatic carbocycles. The first kappa shape index (κ1) is 18.5. The number of anilines is 2. The van der Waals surface area contributed by atoms with Gasteiger partial charge in [0, 0.05) is 37.0 Å². The number of imidazole rings is 1. The summed E-state index contributed by atoms with van der Waals surface area (Å²) in [7, 11) is 5.56. The molecule has 0 aliphatic heterocycles. The Morgan fingerprint density at radius 1 is 1.07 bits per heavy atom. The van der Waals surface area contributed by atoms with E-state index in [9.17, 15) is 4.79 Å². The zero-order valence-electron chi connectivity index (χ0n) is 16.4. The molecule has 2 aromatic heterocycles. The SMILES string of the molecule is COc1ccc(NC(=O)c2ccc3nc(-c4ccc(N(C)C)cc4)[nH]c3c2)cn1. The highest BCUT2D eigenvalue weighted by Gasteiger charge is 2.11. The summed E-state index contributed by atoms with van der Waals surface area (Å²) in [6.45, 7) is 0. The lowest BCUT2D eigenvalue weighted by atomic mass is 10.2. The molecule has 0 saturated carbocycles. The van der Waals surface area contributed by atoms with E-state index in [1.165, 1.54) is 0 Å². The number of ether oxygens (including phenoxy) is 1. The fourth-order valence-corrected chi connectivity index (χ4v) is 2.98. The highest BCUT2D eigenvalue weighted by atomic mass is 16.5. The molecule has 2 N–H and O–H groups in total. The molecule has 7 heteroatoms. The van der Waals surface area contributed by atoms with Gasteiger partial charge in [0.05, 0.1) is 30.0 Å². The van der Waals surface area contributed by atoms with E-state index in [1.54, 1.807) is 37.6 Å². The van der Waals surface area contributed by atoms with Gasteiger partial charge < -0.3 is 19.9 Å². The standard InChI is InChI=1S/C22H21N5O2/c1-27(2)17-8-4-14(5-9-17)21-25-18-10-6-15(12-19(18)26-21)22(28)24-16-7-11-20(29-3)23-13-16/h4-13H,1-3H3,(H,24,28)(H,25,26). The van der Waals surface area contributed by atoms with Gasteiger partial charge in [-0.2, -0.15) is 0 Å². The summed E-state index contributed by atoms with van der Waals surface area (Å²) in [5, 5.41) is 2.83. The molecule has 29 heavy (non-hydrogen) atoms. The number of hydrogen-bond acceptors (Lipinski definition) is 5. The summed E-state index contributed by atoms with van der Waals surface area (Å²) >= 11 is 0. The molecular weight excluding hydrogens is 366 g/mol. The Bertz CT molecular complexity index is 1150. The fraction of sp³-hybridized carbons (Fsp3) is 0.136. The normalized spacial score (nSPS) is 10.7. The first-order valence-electron chi connectivity index (χ1n) is 9.12. The van der Waals surface area contributed by atoms with Crippen LogP contribution in [0.15, 0.2) is 60.8 Å². The molecule has 2 aromatic carbocycles. The van der Waals surface area contributed by atoms with E-state index in [0.717, 1.165) is 28.1 Å². The van der Waals surface area contributed by atoms with Crippen molar-refractivity contribution in [3.8, 4) is 17.3 Å².